The van der Waals surface area contributed by atoms with Gasteiger partial charge in [0.25, 0.3) is 0 Å². The Morgan fingerprint density at radius 2 is 2.17 bits per heavy atom. The summed E-state index contributed by atoms with van der Waals surface area (Å²) in [4.78, 5) is 8.54. The van der Waals surface area contributed by atoms with Crippen LogP contribution in [0.25, 0.3) is 28.1 Å². The maximum atomic E-state index is 13.3. The highest BCUT2D eigenvalue weighted by molar-refractivity contribution is 5.85. The van der Waals surface area contributed by atoms with Crippen LogP contribution in [0.2, 0.25) is 0 Å². The first-order chi connectivity index (χ1) is 11.2. The lowest BCUT2D eigenvalue weighted by Crippen LogP contribution is -1.97. The van der Waals surface area contributed by atoms with Gasteiger partial charge in [-0.25, -0.2) is 14.4 Å². The lowest BCUT2D eigenvalue weighted by Gasteiger charge is -2.01. The van der Waals surface area contributed by atoms with E-state index in [1.807, 2.05) is 6.07 Å². The van der Waals surface area contributed by atoms with E-state index in [1.165, 1.54) is 18.5 Å². The molecule has 23 heavy (non-hydrogen) atoms. The molecule has 1 aromatic carbocycles. The van der Waals surface area contributed by atoms with Gasteiger partial charge in [-0.2, -0.15) is 5.26 Å². The van der Waals surface area contributed by atoms with Gasteiger partial charge in [0.05, 0.1) is 0 Å². The van der Waals surface area contributed by atoms with Crippen LogP contribution in [0, 0.1) is 17.1 Å². The van der Waals surface area contributed by atoms with Crippen molar-refractivity contribution in [3.63, 3.8) is 0 Å². The summed E-state index contributed by atoms with van der Waals surface area (Å²) in [6.07, 6.45) is 1.53. The van der Waals surface area contributed by atoms with Crippen LogP contribution >= 0.6 is 0 Å². The molecule has 112 valence electrons. The number of aromatic nitrogens is 3. The summed E-state index contributed by atoms with van der Waals surface area (Å²) in [5, 5.41) is 12.7. The minimum absolute atomic E-state index is 0.281. The Morgan fingerprint density at radius 1 is 1.30 bits per heavy atom. The van der Waals surface area contributed by atoms with Gasteiger partial charge in [-0.3, -0.25) is 4.40 Å². The molecule has 0 aliphatic heterocycles. The summed E-state index contributed by atoms with van der Waals surface area (Å²) >= 11 is 0. The van der Waals surface area contributed by atoms with Crippen LogP contribution in [-0.4, -0.2) is 21.4 Å². The van der Waals surface area contributed by atoms with Crippen LogP contribution in [-0.2, 0) is 0 Å². The van der Waals surface area contributed by atoms with E-state index in [0.29, 0.717) is 33.9 Å². The largest absolute Gasteiger partial charge is 0.454 e. The van der Waals surface area contributed by atoms with Gasteiger partial charge in [0, 0.05) is 18.5 Å². The number of anilines is 1. The van der Waals surface area contributed by atoms with E-state index in [1.54, 1.807) is 29.6 Å². The normalized spacial score (nSPS) is 11.0. The Morgan fingerprint density at radius 3 is 2.96 bits per heavy atom. The lowest BCUT2D eigenvalue weighted by molar-refractivity contribution is 0.618. The maximum absolute atomic E-state index is 13.3. The molecule has 3 aromatic heterocycles. The molecule has 0 bridgehead atoms. The van der Waals surface area contributed by atoms with Gasteiger partial charge in [0.2, 0.25) is 0 Å². The Bertz CT molecular complexity index is 1090. The average molecular weight is 307 g/mol. The molecule has 3 heterocycles. The number of nitrogens with one attached hydrogen (secondary N) is 1. The number of fused-ring (bicyclic) bond motifs is 2. The maximum Gasteiger partial charge on any atom is 0.157 e. The molecular weight excluding hydrogens is 297 g/mol. The van der Waals surface area contributed by atoms with E-state index in [4.69, 9.17) is 9.68 Å². The standard InChI is InChI=1S/C16H10FN5O/c1-19-16-15(21-14-6-11(7-18)20-8-22(14)16)13-5-9-4-10(17)2-3-12(9)23-13/h2-6,8,19H,1H3. The molecule has 6 nitrogen and oxygen atoms in total. The molecule has 0 unspecified atom stereocenters. The third kappa shape index (κ3) is 2.00. The molecule has 0 aliphatic rings. The minimum atomic E-state index is -0.323. The second-order valence-electron chi connectivity index (χ2n) is 4.97. The Balaban J connectivity index is 1.97. The van der Waals surface area contributed by atoms with Gasteiger partial charge < -0.3 is 9.73 Å². The zero-order valence-corrected chi connectivity index (χ0v) is 12.0. The fraction of sp³-hybridized carbons (Fsp3) is 0.0625. The first kappa shape index (κ1) is 13.3. The van der Waals surface area contributed by atoms with Gasteiger partial charge in [0.1, 0.15) is 46.6 Å². The van der Waals surface area contributed by atoms with E-state index in [2.05, 4.69) is 15.3 Å². The zero-order chi connectivity index (χ0) is 16.0. The topological polar surface area (TPSA) is 79.2 Å². The Hall–Kier alpha value is -3.40. The molecular formula is C16H10FN5O. The number of hydrogen-bond acceptors (Lipinski definition) is 5. The molecule has 0 radical (unpaired) electrons. The highest BCUT2D eigenvalue weighted by Crippen LogP contribution is 2.33. The summed E-state index contributed by atoms with van der Waals surface area (Å²) < 4.78 is 20.8. The number of nitriles is 1. The van der Waals surface area contributed by atoms with Gasteiger partial charge in [-0.1, -0.05) is 0 Å². The van der Waals surface area contributed by atoms with Crippen molar-refractivity contribution in [2.45, 2.75) is 0 Å². The highest BCUT2D eigenvalue weighted by atomic mass is 19.1. The first-order valence-electron chi connectivity index (χ1n) is 6.85. The molecule has 0 spiro atoms. The third-order valence-electron chi connectivity index (χ3n) is 3.58. The predicted molar refractivity (Wildman–Crippen MR) is 82.4 cm³/mol. The second-order valence-corrected chi connectivity index (χ2v) is 4.97. The van der Waals surface area contributed by atoms with Crippen molar-refractivity contribution in [2.24, 2.45) is 0 Å². The number of halogens is 1. The molecule has 0 aliphatic carbocycles. The smallest absolute Gasteiger partial charge is 0.157 e. The van der Waals surface area contributed by atoms with Crippen molar-refractivity contribution in [3.8, 4) is 17.5 Å². The molecule has 0 saturated carbocycles. The average Bonchev–Trinajstić information content (AvgIpc) is 3.13. The van der Waals surface area contributed by atoms with E-state index in [-0.39, 0.29) is 11.5 Å². The second kappa shape index (κ2) is 4.81. The van der Waals surface area contributed by atoms with E-state index in [0.717, 1.165) is 0 Å². The van der Waals surface area contributed by atoms with Crippen molar-refractivity contribution in [1.82, 2.24) is 14.4 Å². The van der Waals surface area contributed by atoms with Crippen LogP contribution in [0.5, 0.6) is 0 Å². The van der Waals surface area contributed by atoms with Crippen LogP contribution in [0.15, 0.2) is 41.1 Å². The number of nitrogens with zero attached hydrogens (tertiary/aromatic N) is 4. The number of benzene rings is 1. The minimum Gasteiger partial charge on any atom is -0.454 e. The number of furan rings is 1. The monoisotopic (exact) mass is 307 g/mol. The van der Waals surface area contributed by atoms with Gasteiger partial charge in [-0.05, 0) is 24.3 Å². The molecule has 0 saturated heterocycles. The fourth-order valence-corrected chi connectivity index (χ4v) is 2.55. The van der Waals surface area contributed by atoms with Gasteiger partial charge in [-0.15, -0.1) is 0 Å². The summed E-state index contributed by atoms with van der Waals surface area (Å²) in [5.74, 6) is 0.866. The molecule has 4 aromatic rings. The molecule has 0 fully saturated rings. The summed E-state index contributed by atoms with van der Waals surface area (Å²) in [7, 11) is 1.76. The Kier molecular flexibility index (Phi) is 2.78. The number of rotatable bonds is 2. The number of imidazole rings is 1. The quantitative estimate of drug-likeness (QED) is 0.615. The predicted octanol–water partition coefficient (Wildman–Crippen LogP) is 3.19. The van der Waals surface area contributed by atoms with Gasteiger partial charge >= 0.3 is 0 Å². The lowest BCUT2D eigenvalue weighted by atomic mass is 10.2. The molecule has 4 rings (SSSR count). The highest BCUT2D eigenvalue weighted by Gasteiger charge is 2.17. The molecule has 0 atom stereocenters. The van der Waals surface area contributed by atoms with Crippen LogP contribution in [0.1, 0.15) is 5.69 Å². The van der Waals surface area contributed by atoms with Crippen molar-refractivity contribution in [1.29, 1.82) is 5.26 Å². The van der Waals surface area contributed by atoms with Crippen molar-refractivity contribution in [2.75, 3.05) is 12.4 Å². The van der Waals surface area contributed by atoms with E-state index >= 15 is 0 Å². The summed E-state index contributed by atoms with van der Waals surface area (Å²) in [6.45, 7) is 0. The Labute approximate surface area is 129 Å². The first-order valence-corrected chi connectivity index (χ1v) is 6.85. The molecule has 0 amide bonds. The van der Waals surface area contributed by atoms with E-state index in [9.17, 15) is 4.39 Å². The van der Waals surface area contributed by atoms with Crippen molar-refractivity contribution >= 4 is 22.4 Å². The number of hydrogen-bond donors (Lipinski definition) is 1. The summed E-state index contributed by atoms with van der Waals surface area (Å²) in [5.41, 5.74) is 2.00. The van der Waals surface area contributed by atoms with Crippen LogP contribution in [0.4, 0.5) is 10.2 Å². The van der Waals surface area contributed by atoms with Crippen LogP contribution < -0.4 is 5.32 Å². The van der Waals surface area contributed by atoms with Crippen molar-refractivity contribution in [3.05, 3.63) is 48.2 Å². The van der Waals surface area contributed by atoms with Gasteiger partial charge in [0.15, 0.2) is 5.76 Å². The van der Waals surface area contributed by atoms with Crippen molar-refractivity contribution < 1.29 is 8.81 Å². The fourth-order valence-electron chi connectivity index (χ4n) is 2.55. The SMILES string of the molecule is CNc1c(-c2cc3cc(F)ccc3o2)nc2cc(C#N)ncn12. The summed E-state index contributed by atoms with van der Waals surface area (Å²) in [6, 6.07) is 9.65. The van der Waals surface area contributed by atoms with E-state index < -0.39 is 0 Å². The zero-order valence-electron chi connectivity index (χ0n) is 12.0. The molecule has 7 heteroatoms. The molecule has 1 N–H and O–H groups in total. The van der Waals surface area contributed by atoms with Crippen LogP contribution in [0.3, 0.4) is 0 Å². The third-order valence-corrected chi connectivity index (χ3v) is 3.58.